The van der Waals surface area contributed by atoms with Crippen LogP contribution in [0.25, 0.3) is 0 Å². The molecule has 8 heteroatoms. The predicted molar refractivity (Wildman–Crippen MR) is 123 cm³/mol. The molecule has 1 aliphatic carbocycles. The van der Waals surface area contributed by atoms with Crippen LogP contribution in [0.4, 0.5) is 0 Å². The summed E-state index contributed by atoms with van der Waals surface area (Å²) in [6.45, 7) is 4.98. The summed E-state index contributed by atoms with van der Waals surface area (Å²) in [6, 6.07) is 5.02. The highest BCUT2D eigenvalue weighted by atomic mass is 16.5. The van der Waals surface area contributed by atoms with Crippen molar-refractivity contribution in [3.63, 3.8) is 0 Å². The topological polar surface area (TPSA) is 111 Å². The predicted octanol–water partition coefficient (Wildman–Crippen LogP) is 2.53. The molecule has 0 radical (unpaired) electrons. The SMILES string of the molecule is CC1(CN)COC1.O=C1CCC(N2Cc3cc(OC4CCCCCC4)ccc3C2=O)C(=O)N1. The van der Waals surface area contributed by atoms with Gasteiger partial charge in [-0.2, -0.15) is 0 Å². The summed E-state index contributed by atoms with van der Waals surface area (Å²) >= 11 is 0. The Morgan fingerprint density at radius 2 is 1.85 bits per heavy atom. The molecule has 1 atom stereocenters. The zero-order chi connectivity index (χ0) is 23.4. The Balaban J connectivity index is 0.000000318. The molecule has 1 unspecified atom stereocenters. The number of fused-ring (bicyclic) bond motifs is 1. The molecule has 3 fully saturated rings. The van der Waals surface area contributed by atoms with Gasteiger partial charge in [-0.3, -0.25) is 19.7 Å². The zero-order valence-corrected chi connectivity index (χ0v) is 19.4. The van der Waals surface area contributed by atoms with E-state index in [2.05, 4.69) is 12.2 Å². The summed E-state index contributed by atoms with van der Waals surface area (Å²) in [6.07, 6.45) is 8.03. The first-order chi connectivity index (χ1) is 15.9. The second-order valence-corrected chi connectivity index (χ2v) is 9.96. The number of carbonyl (C=O) groups excluding carboxylic acids is 3. The number of amides is 3. The zero-order valence-electron chi connectivity index (χ0n) is 19.4. The fourth-order valence-corrected chi connectivity index (χ4v) is 4.74. The molecule has 3 aliphatic heterocycles. The van der Waals surface area contributed by atoms with Gasteiger partial charge in [-0.25, -0.2) is 0 Å². The molecule has 0 spiro atoms. The Labute approximate surface area is 195 Å². The second kappa shape index (κ2) is 10.2. The molecule has 3 heterocycles. The van der Waals surface area contributed by atoms with Gasteiger partial charge in [0.2, 0.25) is 11.8 Å². The molecule has 33 heavy (non-hydrogen) atoms. The molecular formula is C25H35N3O5. The van der Waals surface area contributed by atoms with Gasteiger partial charge in [0, 0.05) is 30.5 Å². The molecule has 0 aromatic heterocycles. The van der Waals surface area contributed by atoms with Gasteiger partial charge in [0.25, 0.3) is 5.91 Å². The summed E-state index contributed by atoms with van der Waals surface area (Å²) in [7, 11) is 0. The van der Waals surface area contributed by atoms with Crippen molar-refractivity contribution in [3.05, 3.63) is 29.3 Å². The second-order valence-electron chi connectivity index (χ2n) is 9.96. The highest BCUT2D eigenvalue weighted by Crippen LogP contribution is 2.31. The van der Waals surface area contributed by atoms with Crippen molar-refractivity contribution in [3.8, 4) is 5.75 Å². The maximum absolute atomic E-state index is 12.7. The number of hydrogen-bond donors (Lipinski definition) is 2. The summed E-state index contributed by atoms with van der Waals surface area (Å²) in [5.41, 5.74) is 7.23. The van der Waals surface area contributed by atoms with E-state index in [-0.39, 0.29) is 30.2 Å². The normalized spacial score (nSPS) is 24.7. The maximum Gasteiger partial charge on any atom is 0.255 e. The Morgan fingerprint density at radius 1 is 1.12 bits per heavy atom. The number of nitrogens with two attached hydrogens (primary N) is 1. The van der Waals surface area contributed by atoms with Gasteiger partial charge in [-0.1, -0.05) is 19.8 Å². The number of nitrogens with one attached hydrogen (secondary N) is 1. The lowest BCUT2D eigenvalue weighted by molar-refractivity contribution is -0.136. The van der Waals surface area contributed by atoms with E-state index in [0.717, 1.165) is 43.9 Å². The van der Waals surface area contributed by atoms with Crippen LogP contribution in [-0.4, -0.2) is 54.5 Å². The van der Waals surface area contributed by atoms with Crippen molar-refractivity contribution < 1.29 is 23.9 Å². The van der Waals surface area contributed by atoms with Crippen LogP contribution in [0.1, 0.15) is 74.2 Å². The van der Waals surface area contributed by atoms with Crippen LogP contribution in [0.15, 0.2) is 18.2 Å². The lowest BCUT2D eigenvalue weighted by Crippen LogP contribution is -2.52. The standard InChI is InChI=1S/C20H24N2O4.C5H11NO/c23-18-10-9-17(19(24)21-18)22-12-13-11-15(7-8-16(13)20(22)25)26-14-5-3-1-2-4-6-14;1-5(2-6)3-7-4-5/h7-8,11,14,17H,1-6,9-10,12H2,(H,21,23,24);2-4,6H2,1H3. The maximum atomic E-state index is 12.7. The molecule has 2 saturated heterocycles. The molecular weight excluding hydrogens is 422 g/mol. The van der Waals surface area contributed by atoms with Crippen molar-refractivity contribution in [1.82, 2.24) is 10.2 Å². The van der Waals surface area contributed by atoms with Crippen molar-refractivity contribution >= 4 is 17.7 Å². The molecule has 3 amide bonds. The van der Waals surface area contributed by atoms with Gasteiger partial charge in [-0.15, -0.1) is 0 Å². The average Bonchev–Trinajstić information content (AvgIpc) is 2.93. The number of piperidine rings is 1. The van der Waals surface area contributed by atoms with Crippen LogP contribution >= 0.6 is 0 Å². The van der Waals surface area contributed by atoms with E-state index in [1.165, 1.54) is 25.7 Å². The first-order valence-electron chi connectivity index (χ1n) is 12.1. The van der Waals surface area contributed by atoms with Gasteiger partial charge in [0.05, 0.1) is 19.3 Å². The van der Waals surface area contributed by atoms with Gasteiger partial charge in [0.1, 0.15) is 11.8 Å². The number of rotatable bonds is 4. The third-order valence-electron chi connectivity index (χ3n) is 6.99. The first kappa shape index (κ1) is 23.7. The van der Waals surface area contributed by atoms with Crippen LogP contribution in [0.2, 0.25) is 0 Å². The monoisotopic (exact) mass is 457 g/mol. The van der Waals surface area contributed by atoms with E-state index in [0.29, 0.717) is 23.9 Å². The number of ether oxygens (including phenoxy) is 2. The smallest absolute Gasteiger partial charge is 0.255 e. The van der Waals surface area contributed by atoms with Gasteiger partial charge >= 0.3 is 0 Å². The largest absolute Gasteiger partial charge is 0.490 e. The van der Waals surface area contributed by atoms with E-state index in [9.17, 15) is 14.4 Å². The number of imide groups is 1. The van der Waals surface area contributed by atoms with Gasteiger partial charge < -0.3 is 20.1 Å². The minimum atomic E-state index is -0.571. The van der Waals surface area contributed by atoms with E-state index in [1.807, 2.05) is 12.1 Å². The Hall–Kier alpha value is -2.45. The Morgan fingerprint density at radius 3 is 2.42 bits per heavy atom. The van der Waals surface area contributed by atoms with E-state index < -0.39 is 6.04 Å². The highest BCUT2D eigenvalue weighted by molar-refractivity contribution is 6.05. The van der Waals surface area contributed by atoms with Gasteiger partial charge in [-0.05, 0) is 55.9 Å². The minimum Gasteiger partial charge on any atom is -0.490 e. The van der Waals surface area contributed by atoms with Crippen molar-refractivity contribution in [2.24, 2.45) is 11.1 Å². The van der Waals surface area contributed by atoms with Gasteiger partial charge in [0.15, 0.2) is 0 Å². The van der Waals surface area contributed by atoms with Crippen LogP contribution in [0, 0.1) is 5.41 Å². The Bertz CT molecular complexity index is 885. The van der Waals surface area contributed by atoms with E-state index in [1.54, 1.807) is 11.0 Å². The fourth-order valence-electron chi connectivity index (χ4n) is 4.74. The quantitative estimate of drug-likeness (QED) is 0.531. The molecule has 1 aromatic carbocycles. The fraction of sp³-hybridized carbons (Fsp3) is 0.640. The molecule has 3 N–H and O–H groups in total. The molecule has 1 aromatic rings. The van der Waals surface area contributed by atoms with Crippen LogP contribution in [-0.2, 0) is 20.9 Å². The molecule has 4 aliphatic rings. The minimum absolute atomic E-state index is 0.143. The lowest BCUT2D eigenvalue weighted by atomic mass is 9.89. The number of hydrogen-bond acceptors (Lipinski definition) is 6. The highest BCUT2D eigenvalue weighted by Gasteiger charge is 2.39. The average molecular weight is 458 g/mol. The Kier molecular flexibility index (Phi) is 7.34. The van der Waals surface area contributed by atoms with Crippen molar-refractivity contribution in [2.45, 2.75) is 77.0 Å². The first-order valence-corrected chi connectivity index (χ1v) is 12.1. The van der Waals surface area contributed by atoms with Crippen molar-refractivity contribution in [2.75, 3.05) is 19.8 Å². The summed E-state index contributed by atoms with van der Waals surface area (Å²) in [5, 5.41) is 2.33. The number of benzene rings is 1. The molecule has 8 nitrogen and oxygen atoms in total. The third kappa shape index (κ3) is 5.55. The third-order valence-corrected chi connectivity index (χ3v) is 6.99. The number of carbonyl (C=O) groups is 3. The van der Waals surface area contributed by atoms with E-state index >= 15 is 0 Å². The molecule has 180 valence electrons. The van der Waals surface area contributed by atoms with Crippen LogP contribution in [0.3, 0.4) is 0 Å². The molecule has 0 bridgehead atoms. The summed E-state index contributed by atoms with van der Waals surface area (Å²) in [4.78, 5) is 37.7. The molecule has 1 saturated carbocycles. The number of nitrogens with zero attached hydrogens (tertiary/aromatic N) is 1. The molecule has 5 rings (SSSR count). The van der Waals surface area contributed by atoms with Crippen LogP contribution in [0.5, 0.6) is 5.75 Å². The summed E-state index contributed by atoms with van der Waals surface area (Å²) < 4.78 is 11.1. The van der Waals surface area contributed by atoms with Crippen molar-refractivity contribution in [1.29, 1.82) is 0 Å². The summed E-state index contributed by atoms with van der Waals surface area (Å²) in [5.74, 6) is 0.0101. The van der Waals surface area contributed by atoms with E-state index in [4.69, 9.17) is 15.2 Å². The lowest BCUT2D eigenvalue weighted by Gasteiger charge is -2.36. The van der Waals surface area contributed by atoms with Crippen LogP contribution < -0.4 is 15.8 Å².